The van der Waals surface area contributed by atoms with Crippen LogP contribution in [-0.2, 0) is 4.74 Å². The van der Waals surface area contributed by atoms with Gasteiger partial charge in [-0.1, -0.05) is 30.3 Å². The summed E-state index contributed by atoms with van der Waals surface area (Å²) >= 11 is 0. The summed E-state index contributed by atoms with van der Waals surface area (Å²) in [5.74, 6) is -0.0106. The fraction of sp³-hybridized carbons (Fsp3) is 0.500. The Morgan fingerprint density at radius 3 is 2.85 bits per heavy atom. The molecule has 1 N–H and O–H groups in total. The fourth-order valence-electron chi connectivity index (χ4n) is 3.85. The van der Waals surface area contributed by atoms with E-state index in [-0.39, 0.29) is 18.1 Å². The highest BCUT2D eigenvalue weighted by Gasteiger charge is 2.31. The van der Waals surface area contributed by atoms with E-state index in [1.165, 1.54) is 0 Å². The maximum atomic E-state index is 13.0. The van der Waals surface area contributed by atoms with Crippen molar-refractivity contribution in [2.75, 3.05) is 26.2 Å². The Morgan fingerprint density at radius 2 is 2.08 bits per heavy atom. The molecule has 0 radical (unpaired) electrons. The van der Waals surface area contributed by atoms with Gasteiger partial charge in [0, 0.05) is 19.3 Å². The molecule has 0 saturated carbocycles. The van der Waals surface area contributed by atoms with Crippen molar-refractivity contribution < 1.29 is 9.53 Å². The first-order valence-corrected chi connectivity index (χ1v) is 9.46. The number of hydrogen-bond donors (Lipinski definition) is 1. The van der Waals surface area contributed by atoms with Crippen molar-refractivity contribution in [2.24, 2.45) is 0 Å². The van der Waals surface area contributed by atoms with Crippen molar-refractivity contribution in [3.8, 4) is 0 Å². The van der Waals surface area contributed by atoms with Gasteiger partial charge in [-0.3, -0.25) is 9.48 Å². The number of hydrogen-bond acceptors (Lipinski definition) is 4. The second-order valence-corrected chi connectivity index (χ2v) is 7.24. The maximum Gasteiger partial charge on any atom is 0.274 e. The third-order valence-corrected chi connectivity index (χ3v) is 5.19. The van der Waals surface area contributed by atoms with Gasteiger partial charge < -0.3 is 15.0 Å². The van der Waals surface area contributed by atoms with E-state index in [1.54, 1.807) is 0 Å². The first-order valence-electron chi connectivity index (χ1n) is 9.46. The van der Waals surface area contributed by atoms with Gasteiger partial charge in [0.15, 0.2) is 0 Å². The third-order valence-electron chi connectivity index (χ3n) is 5.19. The Bertz CT molecular complexity index is 739. The van der Waals surface area contributed by atoms with Crippen LogP contribution in [0.1, 0.15) is 48.0 Å². The number of amides is 1. The lowest BCUT2D eigenvalue weighted by atomic mass is 10.1. The molecule has 6 nitrogen and oxygen atoms in total. The van der Waals surface area contributed by atoms with Gasteiger partial charge in [-0.2, -0.15) is 5.10 Å². The van der Waals surface area contributed by atoms with Gasteiger partial charge in [0.1, 0.15) is 11.8 Å². The van der Waals surface area contributed by atoms with E-state index >= 15 is 0 Å². The zero-order valence-electron chi connectivity index (χ0n) is 15.2. The van der Waals surface area contributed by atoms with Crippen molar-refractivity contribution in [2.45, 2.75) is 38.0 Å². The largest absolute Gasteiger partial charge is 0.367 e. The topological polar surface area (TPSA) is 59.4 Å². The van der Waals surface area contributed by atoms with Crippen LogP contribution in [0.15, 0.2) is 42.6 Å². The Hall–Kier alpha value is -2.18. The Kier molecular flexibility index (Phi) is 5.04. The van der Waals surface area contributed by atoms with Crippen LogP contribution in [0, 0.1) is 0 Å². The summed E-state index contributed by atoms with van der Waals surface area (Å²) in [6, 6.07) is 12.3. The molecule has 2 fully saturated rings. The summed E-state index contributed by atoms with van der Waals surface area (Å²) in [4.78, 5) is 14.9. The molecule has 2 aliphatic rings. The smallest absolute Gasteiger partial charge is 0.274 e. The molecule has 1 aromatic carbocycles. The summed E-state index contributed by atoms with van der Waals surface area (Å²) in [5.41, 5.74) is 1.63. The van der Waals surface area contributed by atoms with Crippen LogP contribution in [-0.4, -0.2) is 52.9 Å². The molecule has 1 amide bonds. The molecule has 2 saturated heterocycles. The minimum atomic E-state index is -0.0893. The predicted octanol–water partition coefficient (Wildman–Crippen LogP) is 2.41. The van der Waals surface area contributed by atoms with Gasteiger partial charge in [0.25, 0.3) is 5.91 Å². The molecule has 138 valence electrons. The van der Waals surface area contributed by atoms with Crippen LogP contribution in [0.3, 0.4) is 0 Å². The van der Waals surface area contributed by atoms with Gasteiger partial charge >= 0.3 is 0 Å². The molecule has 0 aliphatic carbocycles. The molecule has 3 atom stereocenters. The minimum absolute atomic E-state index is 0.00235. The van der Waals surface area contributed by atoms with Gasteiger partial charge in [-0.25, -0.2) is 0 Å². The van der Waals surface area contributed by atoms with Gasteiger partial charge in [0.2, 0.25) is 0 Å². The molecular weight excluding hydrogens is 328 g/mol. The fourth-order valence-corrected chi connectivity index (χ4v) is 3.85. The highest BCUT2D eigenvalue weighted by Crippen LogP contribution is 2.26. The molecule has 4 rings (SSSR count). The van der Waals surface area contributed by atoms with Crippen molar-refractivity contribution >= 4 is 5.91 Å². The molecule has 0 spiro atoms. The molecule has 2 aromatic rings. The SMILES string of the molecule is CC1CN(C(=O)c2ccn(C3CCCNC3)n2)CC(c2ccccc2)O1. The van der Waals surface area contributed by atoms with E-state index in [0.717, 1.165) is 31.5 Å². The molecule has 1 aromatic heterocycles. The number of rotatable bonds is 3. The average Bonchev–Trinajstić information content (AvgIpc) is 3.18. The van der Waals surface area contributed by atoms with Crippen LogP contribution < -0.4 is 5.32 Å². The van der Waals surface area contributed by atoms with Crippen molar-refractivity contribution in [3.05, 3.63) is 53.9 Å². The van der Waals surface area contributed by atoms with Gasteiger partial charge in [-0.15, -0.1) is 0 Å². The van der Waals surface area contributed by atoms with E-state index in [9.17, 15) is 4.79 Å². The van der Waals surface area contributed by atoms with Crippen LogP contribution in [0.25, 0.3) is 0 Å². The second-order valence-electron chi connectivity index (χ2n) is 7.24. The zero-order chi connectivity index (χ0) is 17.9. The summed E-state index contributed by atoms with van der Waals surface area (Å²) in [6.45, 7) is 5.16. The number of carbonyl (C=O) groups is 1. The number of nitrogens with one attached hydrogen (secondary N) is 1. The molecular formula is C20H26N4O2. The Morgan fingerprint density at radius 1 is 1.23 bits per heavy atom. The van der Waals surface area contributed by atoms with Crippen LogP contribution in [0.4, 0.5) is 0 Å². The highest BCUT2D eigenvalue weighted by molar-refractivity contribution is 5.92. The van der Waals surface area contributed by atoms with E-state index in [0.29, 0.717) is 24.8 Å². The van der Waals surface area contributed by atoms with Gasteiger partial charge in [0.05, 0.1) is 18.7 Å². The summed E-state index contributed by atoms with van der Waals surface area (Å²) in [6.07, 6.45) is 4.10. The number of benzene rings is 1. The van der Waals surface area contributed by atoms with Crippen molar-refractivity contribution in [3.63, 3.8) is 0 Å². The number of ether oxygens (including phenoxy) is 1. The number of morpholine rings is 1. The average molecular weight is 354 g/mol. The van der Waals surface area contributed by atoms with Crippen molar-refractivity contribution in [1.82, 2.24) is 20.0 Å². The quantitative estimate of drug-likeness (QED) is 0.920. The molecule has 3 heterocycles. The van der Waals surface area contributed by atoms with E-state index in [4.69, 9.17) is 4.74 Å². The summed E-state index contributed by atoms with van der Waals surface area (Å²) in [5, 5.41) is 7.97. The monoisotopic (exact) mass is 354 g/mol. The summed E-state index contributed by atoms with van der Waals surface area (Å²) in [7, 11) is 0. The van der Waals surface area contributed by atoms with E-state index < -0.39 is 0 Å². The lowest BCUT2D eigenvalue weighted by Crippen LogP contribution is -2.46. The highest BCUT2D eigenvalue weighted by atomic mass is 16.5. The van der Waals surface area contributed by atoms with E-state index in [2.05, 4.69) is 22.5 Å². The normalized spacial score (nSPS) is 26.7. The third kappa shape index (κ3) is 3.66. The van der Waals surface area contributed by atoms with Crippen LogP contribution in [0.5, 0.6) is 0 Å². The zero-order valence-corrected chi connectivity index (χ0v) is 15.2. The minimum Gasteiger partial charge on any atom is -0.367 e. The second kappa shape index (κ2) is 7.60. The first-order chi connectivity index (χ1) is 12.7. The number of carbonyl (C=O) groups excluding carboxylic acids is 1. The lowest BCUT2D eigenvalue weighted by Gasteiger charge is -2.36. The lowest BCUT2D eigenvalue weighted by molar-refractivity contribution is -0.0693. The van der Waals surface area contributed by atoms with Crippen molar-refractivity contribution in [1.29, 1.82) is 0 Å². The van der Waals surface area contributed by atoms with Gasteiger partial charge in [-0.05, 0) is 37.9 Å². The number of aromatic nitrogens is 2. The molecule has 3 unspecified atom stereocenters. The van der Waals surface area contributed by atoms with Crippen LogP contribution in [0.2, 0.25) is 0 Å². The predicted molar refractivity (Wildman–Crippen MR) is 99.0 cm³/mol. The molecule has 26 heavy (non-hydrogen) atoms. The maximum absolute atomic E-state index is 13.0. The Balaban J connectivity index is 1.47. The first kappa shape index (κ1) is 17.2. The summed E-state index contributed by atoms with van der Waals surface area (Å²) < 4.78 is 8.00. The number of piperidine rings is 1. The Labute approximate surface area is 154 Å². The van der Waals surface area contributed by atoms with Crippen LogP contribution >= 0.6 is 0 Å². The molecule has 2 aliphatic heterocycles. The number of nitrogens with zero attached hydrogens (tertiary/aromatic N) is 3. The molecule has 6 heteroatoms. The van der Waals surface area contributed by atoms with E-state index in [1.807, 2.05) is 47.0 Å². The standard InChI is InChI=1S/C20H26N4O2/c1-15-13-23(14-19(26-15)16-6-3-2-4-7-16)20(25)18-9-11-24(22-18)17-8-5-10-21-12-17/h2-4,6-7,9,11,15,17,19,21H,5,8,10,12-14H2,1H3. The molecule has 0 bridgehead atoms.